The number of hydrogen-bond donors (Lipinski definition) is 1. The SMILES string of the molecule is CCC(C(=O)O)c1ccc2c(c1)CC(=O)CCS2. The van der Waals surface area contributed by atoms with Crippen LogP contribution in [-0.4, -0.2) is 22.6 Å². The van der Waals surface area contributed by atoms with Gasteiger partial charge in [-0.25, -0.2) is 0 Å². The van der Waals surface area contributed by atoms with Crippen molar-refractivity contribution in [1.82, 2.24) is 0 Å². The summed E-state index contributed by atoms with van der Waals surface area (Å²) in [6, 6.07) is 5.73. The van der Waals surface area contributed by atoms with Gasteiger partial charge in [-0.15, -0.1) is 11.8 Å². The fourth-order valence-corrected chi connectivity index (χ4v) is 3.25. The molecule has 1 aromatic rings. The molecule has 96 valence electrons. The van der Waals surface area contributed by atoms with Crippen molar-refractivity contribution in [3.05, 3.63) is 29.3 Å². The molecule has 2 rings (SSSR count). The third-order valence-corrected chi connectivity index (χ3v) is 4.34. The molecule has 4 heteroatoms. The fourth-order valence-electron chi connectivity index (χ4n) is 2.22. The van der Waals surface area contributed by atoms with Gasteiger partial charge in [0.25, 0.3) is 0 Å². The Kier molecular flexibility index (Phi) is 4.07. The van der Waals surface area contributed by atoms with Crippen LogP contribution in [0.2, 0.25) is 0 Å². The summed E-state index contributed by atoms with van der Waals surface area (Å²) in [5.41, 5.74) is 1.79. The zero-order valence-corrected chi connectivity index (χ0v) is 11.1. The minimum absolute atomic E-state index is 0.238. The van der Waals surface area contributed by atoms with Crippen molar-refractivity contribution in [2.45, 2.75) is 37.0 Å². The van der Waals surface area contributed by atoms with Crippen LogP contribution in [0.25, 0.3) is 0 Å². The van der Waals surface area contributed by atoms with E-state index in [-0.39, 0.29) is 5.78 Å². The molecule has 1 aliphatic heterocycles. The number of carbonyl (C=O) groups is 2. The average Bonchev–Trinajstić information content (AvgIpc) is 2.49. The monoisotopic (exact) mass is 264 g/mol. The molecule has 1 unspecified atom stereocenters. The largest absolute Gasteiger partial charge is 0.481 e. The van der Waals surface area contributed by atoms with Crippen LogP contribution >= 0.6 is 11.8 Å². The Morgan fingerprint density at radius 3 is 2.94 bits per heavy atom. The maximum absolute atomic E-state index is 11.6. The molecule has 0 saturated carbocycles. The molecule has 0 radical (unpaired) electrons. The van der Waals surface area contributed by atoms with Crippen LogP contribution in [-0.2, 0) is 16.0 Å². The molecule has 0 spiro atoms. The second kappa shape index (κ2) is 5.57. The van der Waals surface area contributed by atoms with Crippen LogP contribution in [0.1, 0.15) is 36.8 Å². The minimum Gasteiger partial charge on any atom is -0.481 e. The van der Waals surface area contributed by atoms with E-state index in [1.165, 1.54) is 0 Å². The van der Waals surface area contributed by atoms with E-state index in [1.807, 2.05) is 25.1 Å². The first kappa shape index (κ1) is 13.1. The van der Waals surface area contributed by atoms with E-state index in [9.17, 15) is 9.59 Å². The van der Waals surface area contributed by atoms with Gasteiger partial charge in [-0.1, -0.05) is 19.1 Å². The highest BCUT2D eigenvalue weighted by molar-refractivity contribution is 7.99. The Morgan fingerprint density at radius 2 is 2.28 bits per heavy atom. The van der Waals surface area contributed by atoms with Crippen molar-refractivity contribution in [3.63, 3.8) is 0 Å². The summed E-state index contributed by atoms with van der Waals surface area (Å²) >= 11 is 1.68. The van der Waals surface area contributed by atoms with E-state index in [0.29, 0.717) is 19.3 Å². The highest BCUT2D eigenvalue weighted by atomic mass is 32.2. The minimum atomic E-state index is -0.801. The second-order valence-electron chi connectivity index (χ2n) is 4.48. The van der Waals surface area contributed by atoms with E-state index in [1.54, 1.807) is 11.8 Å². The normalized spacial score (nSPS) is 16.8. The van der Waals surface area contributed by atoms with Gasteiger partial charge in [0.2, 0.25) is 0 Å². The Bertz CT molecular complexity index is 482. The van der Waals surface area contributed by atoms with Crippen LogP contribution in [0.15, 0.2) is 23.1 Å². The summed E-state index contributed by atoms with van der Waals surface area (Å²) < 4.78 is 0. The molecule has 0 bridgehead atoms. The molecule has 0 aromatic heterocycles. The molecule has 18 heavy (non-hydrogen) atoms. The van der Waals surface area contributed by atoms with Gasteiger partial charge >= 0.3 is 5.97 Å². The average molecular weight is 264 g/mol. The highest BCUT2D eigenvalue weighted by Crippen LogP contribution is 2.31. The third-order valence-electron chi connectivity index (χ3n) is 3.22. The summed E-state index contributed by atoms with van der Waals surface area (Å²) in [6.45, 7) is 1.87. The van der Waals surface area contributed by atoms with Crippen molar-refractivity contribution in [2.75, 3.05) is 5.75 Å². The molecule has 1 heterocycles. The molecule has 0 amide bonds. The van der Waals surface area contributed by atoms with Crippen molar-refractivity contribution >= 4 is 23.5 Å². The Hall–Kier alpha value is -1.29. The number of Topliss-reactive ketones (excluding diaryl/α,β-unsaturated/α-hetero) is 1. The molecular formula is C14H16O3S. The molecule has 0 fully saturated rings. The number of hydrogen-bond acceptors (Lipinski definition) is 3. The first-order chi connectivity index (χ1) is 8.61. The third kappa shape index (κ3) is 2.75. The smallest absolute Gasteiger partial charge is 0.310 e. The van der Waals surface area contributed by atoms with E-state index in [2.05, 4.69) is 0 Å². The summed E-state index contributed by atoms with van der Waals surface area (Å²) in [4.78, 5) is 23.9. The van der Waals surface area contributed by atoms with Gasteiger partial charge < -0.3 is 5.11 Å². The van der Waals surface area contributed by atoms with Gasteiger partial charge in [0, 0.05) is 23.5 Å². The number of thioether (sulfide) groups is 1. The van der Waals surface area contributed by atoms with Crippen LogP contribution in [0.4, 0.5) is 0 Å². The Morgan fingerprint density at radius 1 is 1.50 bits per heavy atom. The van der Waals surface area contributed by atoms with Crippen LogP contribution < -0.4 is 0 Å². The van der Waals surface area contributed by atoms with Gasteiger partial charge in [0.15, 0.2) is 0 Å². The topological polar surface area (TPSA) is 54.4 Å². The Balaban J connectivity index is 2.36. The molecule has 1 aromatic carbocycles. The quantitative estimate of drug-likeness (QED) is 0.912. The molecule has 0 aliphatic carbocycles. The summed E-state index contributed by atoms with van der Waals surface area (Å²) in [5.74, 6) is -0.216. The van der Waals surface area contributed by atoms with Crippen LogP contribution in [0, 0.1) is 0 Å². The van der Waals surface area contributed by atoms with Gasteiger partial charge in [0.1, 0.15) is 5.78 Å². The van der Waals surface area contributed by atoms with E-state index in [0.717, 1.165) is 21.8 Å². The van der Waals surface area contributed by atoms with Gasteiger partial charge in [-0.05, 0) is 23.6 Å². The van der Waals surface area contributed by atoms with Crippen molar-refractivity contribution < 1.29 is 14.7 Å². The zero-order valence-electron chi connectivity index (χ0n) is 10.3. The predicted molar refractivity (Wildman–Crippen MR) is 71.2 cm³/mol. The lowest BCUT2D eigenvalue weighted by Crippen LogP contribution is -2.11. The molecule has 0 saturated heterocycles. The standard InChI is InChI=1S/C14H16O3S/c1-2-12(14(16)17)9-3-4-13-10(7-9)8-11(15)5-6-18-13/h3-4,7,12H,2,5-6,8H2,1H3,(H,16,17). The van der Waals surface area contributed by atoms with E-state index < -0.39 is 11.9 Å². The first-order valence-corrected chi connectivity index (χ1v) is 7.10. The lowest BCUT2D eigenvalue weighted by molar-refractivity contribution is -0.138. The summed E-state index contributed by atoms with van der Waals surface area (Å²) in [7, 11) is 0. The maximum atomic E-state index is 11.6. The summed E-state index contributed by atoms with van der Waals surface area (Å²) in [5, 5.41) is 9.17. The first-order valence-electron chi connectivity index (χ1n) is 6.12. The number of carboxylic acid groups (broad SMARTS) is 1. The number of carboxylic acids is 1. The van der Waals surface area contributed by atoms with E-state index >= 15 is 0 Å². The molecule has 1 atom stereocenters. The lowest BCUT2D eigenvalue weighted by atomic mass is 9.94. The van der Waals surface area contributed by atoms with Crippen LogP contribution in [0.5, 0.6) is 0 Å². The molecule has 1 aliphatic rings. The maximum Gasteiger partial charge on any atom is 0.310 e. The van der Waals surface area contributed by atoms with E-state index in [4.69, 9.17) is 5.11 Å². The highest BCUT2D eigenvalue weighted by Gasteiger charge is 2.20. The number of rotatable bonds is 3. The molecule has 1 N–H and O–H groups in total. The number of carbonyl (C=O) groups excluding carboxylic acids is 1. The van der Waals surface area contributed by atoms with Gasteiger partial charge in [0.05, 0.1) is 5.92 Å². The predicted octanol–water partition coefficient (Wildman–Crippen LogP) is 2.87. The summed E-state index contributed by atoms with van der Waals surface area (Å²) in [6.07, 6.45) is 1.60. The number of fused-ring (bicyclic) bond motifs is 1. The van der Waals surface area contributed by atoms with Gasteiger partial charge in [-0.2, -0.15) is 0 Å². The number of aliphatic carboxylic acids is 1. The van der Waals surface area contributed by atoms with Crippen molar-refractivity contribution in [2.24, 2.45) is 0 Å². The fraction of sp³-hybridized carbons (Fsp3) is 0.429. The van der Waals surface area contributed by atoms with Gasteiger partial charge in [-0.3, -0.25) is 9.59 Å². The van der Waals surface area contributed by atoms with Crippen LogP contribution in [0.3, 0.4) is 0 Å². The molecule has 3 nitrogen and oxygen atoms in total. The van der Waals surface area contributed by atoms with Crippen molar-refractivity contribution in [3.8, 4) is 0 Å². The Labute approximate surface area is 111 Å². The molecular weight excluding hydrogens is 248 g/mol. The number of benzene rings is 1. The van der Waals surface area contributed by atoms with Crippen molar-refractivity contribution in [1.29, 1.82) is 0 Å². The number of ketones is 1. The second-order valence-corrected chi connectivity index (χ2v) is 5.62. The lowest BCUT2D eigenvalue weighted by Gasteiger charge is -2.13. The zero-order chi connectivity index (χ0) is 13.1.